The molecule has 0 unspecified atom stereocenters. The molecule has 1 heterocycles. The number of nitrogens with zero attached hydrogens (tertiary/aromatic N) is 2. The summed E-state index contributed by atoms with van der Waals surface area (Å²) in [6, 6.07) is 0.473. The predicted octanol–water partition coefficient (Wildman–Crippen LogP) is 1.53. The van der Waals surface area contributed by atoms with Crippen molar-refractivity contribution in [1.82, 2.24) is 9.88 Å². The molecule has 1 saturated carbocycles. The van der Waals surface area contributed by atoms with Gasteiger partial charge in [-0.3, -0.25) is 4.79 Å². The number of anilines is 2. The van der Waals surface area contributed by atoms with Gasteiger partial charge in [0.1, 0.15) is 10.7 Å². The van der Waals surface area contributed by atoms with Gasteiger partial charge in [0.05, 0.1) is 6.61 Å². The molecule has 0 saturated heterocycles. The Morgan fingerprint density at radius 3 is 2.80 bits per heavy atom. The van der Waals surface area contributed by atoms with Gasteiger partial charge in [-0.15, -0.1) is 0 Å². The molecule has 1 amide bonds. The molecule has 1 fully saturated rings. The summed E-state index contributed by atoms with van der Waals surface area (Å²) in [5.74, 6) is 0.108. The molecule has 0 spiro atoms. The van der Waals surface area contributed by atoms with Gasteiger partial charge in [-0.25, -0.2) is 4.98 Å². The van der Waals surface area contributed by atoms with Gasteiger partial charge < -0.3 is 21.1 Å². The molecule has 0 atom stereocenters. The van der Waals surface area contributed by atoms with Gasteiger partial charge in [-0.1, -0.05) is 11.3 Å². The lowest BCUT2D eigenvalue weighted by atomic mass is 9.93. The maximum absolute atomic E-state index is 12.5. The third kappa shape index (κ3) is 3.21. The van der Waals surface area contributed by atoms with Crippen molar-refractivity contribution in [2.75, 3.05) is 24.2 Å². The molecule has 1 aliphatic carbocycles. The summed E-state index contributed by atoms with van der Waals surface area (Å²) < 4.78 is 0. The Morgan fingerprint density at radius 2 is 2.30 bits per heavy atom. The van der Waals surface area contributed by atoms with E-state index in [1.807, 2.05) is 13.8 Å². The summed E-state index contributed by atoms with van der Waals surface area (Å²) >= 11 is 1.30. The second kappa shape index (κ2) is 6.41. The third-order valence-electron chi connectivity index (χ3n) is 3.51. The maximum atomic E-state index is 12.5. The van der Waals surface area contributed by atoms with E-state index in [0.29, 0.717) is 22.6 Å². The molecule has 20 heavy (non-hydrogen) atoms. The smallest absolute Gasteiger partial charge is 0.268 e. The standard InChI is InChI=1S/C13H22N4O2S/c1-8(2)17(6-7-18)12(19)10-11(14)16-13(20-10)15-9-4-3-5-9/h8-9,18H,3-7,14H2,1-2H3,(H,15,16). The lowest BCUT2D eigenvalue weighted by Gasteiger charge is -2.26. The number of aliphatic hydroxyl groups excluding tert-OH is 1. The van der Waals surface area contributed by atoms with E-state index >= 15 is 0 Å². The minimum Gasteiger partial charge on any atom is -0.395 e. The van der Waals surface area contributed by atoms with Crippen molar-refractivity contribution in [3.63, 3.8) is 0 Å². The summed E-state index contributed by atoms with van der Waals surface area (Å²) in [5.41, 5.74) is 5.86. The number of nitrogen functional groups attached to an aromatic ring is 1. The SMILES string of the molecule is CC(C)N(CCO)C(=O)c1sc(NC2CCC2)nc1N. The van der Waals surface area contributed by atoms with E-state index in [1.54, 1.807) is 4.90 Å². The molecule has 0 aromatic carbocycles. The summed E-state index contributed by atoms with van der Waals surface area (Å²) in [7, 11) is 0. The third-order valence-corrected chi connectivity index (χ3v) is 4.50. The monoisotopic (exact) mass is 298 g/mol. The van der Waals surface area contributed by atoms with E-state index in [-0.39, 0.29) is 24.4 Å². The number of nitrogens with one attached hydrogen (secondary N) is 1. The van der Waals surface area contributed by atoms with Gasteiger partial charge in [-0.2, -0.15) is 0 Å². The summed E-state index contributed by atoms with van der Waals surface area (Å²) in [6.45, 7) is 4.08. The van der Waals surface area contributed by atoms with Gasteiger partial charge in [0.15, 0.2) is 5.13 Å². The molecule has 0 radical (unpaired) electrons. The van der Waals surface area contributed by atoms with Crippen molar-refractivity contribution in [2.45, 2.75) is 45.2 Å². The van der Waals surface area contributed by atoms with Crippen LogP contribution in [0.1, 0.15) is 42.8 Å². The van der Waals surface area contributed by atoms with Crippen molar-refractivity contribution < 1.29 is 9.90 Å². The molecule has 0 bridgehead atoms. The first-order chi connectivity index (χ1) is 9.52. The van der Waals surface area contributed by atoms with E-state index in [0.717, 1.165) is 12.8 Å². The Morgan fingerprint density at radius 1 is 1.60 bits per heavy atom. The number of rotatable bonds is 6. The first-order valence-electron chi connectivity index (χ1n) is 6.97. The fourth-order valence-corrected chi connectivity index (χ4v) is 3.02. The fraction of sp³-hybridized carbons (Fsp3) is 0.692. The number of carbonyl (C=O) groups is 1. The van der Waals surface area contributed by atoms with Crippen LogP contribution in [0.5, 0.6) is 0 Å². The van der Waals surface area contributed by atoms with Crippen molar-refractivity contribution in [3.8, 4) is 0 Å². The number of thiazole rings is 1. The quantitative estimate of drug-likeness (QED) is 0.741. The molecule has 4 N–H and O–H groups in total. The van der Waals surface area contributed by atoms with Crippen molar-refractivity contribution in [1.29, 1.82) is 0 Å². The molecule has 6 nitrogen and oxygen atoms in total. The van der Waals surface area contributed by atoms with Crippen LogP contribution in [0, 0.1) is 0 Å². The highest BCUT2D eigenvalue weighted by Gasteiger charge is 2.25. The first-order valence-corrected chi connectivity index (χ1v) is 7.79. The zero-order valence-electron chi connectivity index (χ0n) is 11.9. The molecule has 112 valence electrons. The molecule has 0 aliphatic heterocycles. The van der Waals surface area contributed by atoms with Crippen LogP contribution in [0.4, 0.5) is 10.9 Å². The minimum absolute atomic E-state index is 0.0131. The topological polar surface area (TPSA) is 91.5 Å². The average molecular weight is 298 g/mol. The molecule has 1 aromatic heterocycles. The van der Waals surface area contributed by atoms with Gasteiger partial charge >= 0.3 is 0 Å². The molecule has 1 aliphatic rings. The molecule has 1 aromatic rings. The molecule has 7 heteroatoms. The van der Waals surface area contributed by atoms with E-state index in [2.05, 4.69) is 10.3 Å². The van der Waals surface area contributed by atoms with Crippen LogP contribution in [0.2, 0.25) is 0 Å². The van der Waals surface area contributed by atoms with Gasteiger partial charge in [-0.05, 0) is 33.1 Å². The lowest BCUT2D eigenvalue weighted by molar-refractivity contribution is 0.0671. The number of aromatic nitrogens is 1. The lowest BCUT2D eigenvalue weighted by Crippen LogP contribution is -2.38. The molecular formula is C13H22N4O2S. The Kier molecular flexibility index (Phi) is 4.82. The normalized spacial score (nSPS) is 15.2. The summed E-state index contributed by atoms with van der Waals surface area (Å²) in [5, 5.41) is 13.1. The number of amides is 1. The van der Waals surface area contributed by atoms with E-state index in [9.17, 15) is 4.79 Å². The van der Waals surface area contributed by atoms with Crippen LogP contribution in [-0.2, 0) is 0 Å². The Bertz CT molecular complexity index is 471. The fourth-order valence-electron chi connectivity index (χ4n) is 2.11. The second-order valence-corrected chi connectivity index (χ2v) is 6.32. The van der Waals surface area contributed by atoms with Crippen molar-refractivity contribution >= 4 is 28.2 Å². The second-order valence-electron chi connectivity index (χ2n) is 5.32. The number of hydrogen-bond acceptors (Lipinski definition) is 6. The number of hydrogen-bond donors (Lipinski definition) is 3. The summed E-state index contributed by atoms with van der Waals surface area (Å²) in [6.07, 6.45) is 3.53. The van der Waals surface area contributed by atoms with Crippen LogP contribution in [-0.4, -0.2) is 46.1 Å². The number of carbonyl (C=O) groups excluding carboxylic acids is 1. The highest BCUT2D eigenvalue weighted by molar-refractivity contribution is 7.18. The Balaban J connectivity index is 2.11. The predicted molar refractivity (Wildman–Crippen MR) is 81.0 cm³/mol. The van der Waals surface area contributed by atoms with E-state index in [1.165, 1.54) is 17.8 Å². The highest BCUT2D eigenvalue weighted by Crippen LogP contribution is 2.30. The first kappa shape index (κ1) is 15.1. The van der Waals surface area contributed by atoms with Crippen LogP contribution >= 0.6 is 11.3 Å². The minimum atomic E-state index is -0.161. The molecular weight excluding hydrogens is 276 g/mol. The molecule has 2 rings (SSSR count). The number of aliphatic hydroxyl groups is 1. The van der Waals surface area contributed by atoms with Crippen LogP contribution in [0.3, 0.4) is 0 Å². The van der Waals surface area contributed by atoms with Crippen molar-refractivity contribution in [2.24, 2.45) is 0 Å². The zero-order valence-corrected chi connectivity index (χ0v) is 12.7. The van der Waals surface area contributed by atoms with E-state index < -0.39 is 0 Å². The van der Waals surface area contributed by atoms with Crippen LogP contribution in [0.15, 0.2) is 0 Å². The Labute approximate surface area is 123 Å². The van der Waals surface area contributed by atoms with Crippen LogP contribution < -0.4 is 11.1 Å². The van der Waals surface area contributed by atoms with Gasteiger partial charge in [0.25, 0.3) is 5.91 Å². The largest absolute Gasteiger partial charge is 0.395 e. The average Bonchev–Trinajstić information content (AvgIpc) is 2.71. The Hall–Kier alpha value is -1.34. The zero-order chi connectivity index (χ0) is 14.7. The van der Waals surface area contributed by atoms with Crippen molar-refractivity contribution in [3.05, 3.63) is 4.88 Å². The highest BCUT2D eigenvalue weighted by atomic mass is 32.1. The van der Waals surface area contributed by atoms with Crippen LogP contribution in [0.25, 0.3) is 0 Å². The summed E-state index contributed by atoms with van der Waals surface area (Å²) in [4.78, 5) is 18.7. The number of nitrogens with two attached hydrogens (primary N) is 1. The maximum Gasteiger partial charge on any atom is 0.268 e. The van der Waals surface area contributed by atoms with Gasteiger partial charge in [0, 0.05) is 18.6 Å². The van der Waals surface area contributed by atoms with E-state index in [4.69, 9.17) is 10.8 Å². The van der Waals surface area contributed by atoms with Gasteiger partial charge in [0.2, 0.25) is 0 Å².